The van der Waals surface area contributed by atoms with Gasteiger partial charge in [0.2, 0.25) is 0 Å². The van der Waals surface area contributed by atoms with Gasteiger partial charge in [-0.05, 0) is 35.6 Å². The van der Waals surface area contributed by atoms with E-state index in [1.165, 1.54) is 18.4 Å². The summed E-state index contributed by atoms with van der Waals surface area (Å²) in [4.78, 5) is 16.4. The second kappa shape index (κ2) is 6.04. The van der Waals surface area contributed by atoms with Crippen molar-refractivity contribution in [2.75, 3.05) is 0 Å². The standard InChI is InChI=1S/C19H19NO/c1-2-3-6-14-9-11-15(12-10-14)18-13-16-7-4-5-8-17(16)19(21)20-18/h4-5,7-12H,2-3,6,13H2,1H3. The van der Waals surface area contributed by atoms with E-state index in [4.69, 9.17) is 0 Å². The molecule has 0 unspecified atom stereocenters. The second-order valence-corrected chi connectivity index (χ2v) is 5.50. The monoisotopic (exact) mass is 277 g/mol. The van der Waals surface area contributed by atoms with E-state index in [0.29, 0.717) is 0 Å². The maximum Gasteiger partial charge on any atom is 0.277 e. The third kappa shape index (κ3) is 2.94. The summed E-state index contributed by atoms with van der Waals surface area (Å²) in [5.74, 6) is -0.123. The molecule has 21 heavy (non-hydrogen) atoms. The van der Waals surface area contributed by atoms with Crippen LogP contribution in [0.5, 0.6) is 0 Å². The molecule has 0 radical (unpaired) electrons. The molecule has 0 aromatic heterocycles. The Balaban J connectivity index is 1.83. The first-order valence-electron chi connectivity index (χ1n) is 7.57. The molecule has 0 atom stereocenters. The van der Waals surface area contributed by atoms with Gasteiger partial charge in [0.05, 0.1) is 5.71 Å². The number of hydrogen-bond acceptors (Lipinski definition) is 1. The number of hydrogen-bond donors (Lipinski definition) is 0. The van der Waals surface area contributed by atoms with Crippen molar-refractivity contribution < 1.29 is 4.79 Å². The Labute approximate surface area is 125 Å². The molecule has 0 saturated carbocycles. The lowest BCUT2D eigenvalue weighted by atomic mass is 9.94. The van der Waals surface area contributed by atoms with Crippen molar-refractivity contribution in [1.82, 2.24) is 0 Å². The summed E-state index contributed by atoms with van der Waals surface area (Å²) in [6.45, 7) is 2.20. The molecule has 3 rings (SSSR count). The number of benzene rings is 2. The molecular formula is C19H19NO. The highest BCUT2D eigenvalue weighted by molar-refractivity contribution is 6.15. The van der Waals surface area contributed by atoms with Gasteiger partial charge < -0.3 is 0 Å². The maximum atomic E-state index is 12.1. The lowest BCUT2D eigenvalue weighted by Crippen LogP contribution is -2.17. The summed E-state index contributed by atoms with van der Waals surface area (Å²) in [5.41, 5.74) is 5.09. The van der Waals surface area contributed by atoms with E-state index in [2.05, 4.69) is 36.2 Å². The lowest BCUT2D eigenvalue weighted by molar-refractivity contribution is 0.1000. The Morgan fingerprint density at radius 1 is 1.05 bits per heavy atom. The van der Waals surface area contributed by atoms with Crippen molar-refractivity contribution in [2.45, 2.75) is 32.6 Å². The van der Waals surface area contributed by atoms with Crippen molar-refractivity contribution in [3.8, 4) is 0 Å². The van der Waals surface area contributed by atoms with E-state index < -0.39 is 0 Å². The SMILES string of the molecule is CCCCc1ccc(C2=NC(=O)c3ccccc3C2)cc1. The molecule has 2 aromatic rings. The van der Waals surface area contributed by atoms with Crippen LogP contribution in [0.1, 0.15) is 46.8 Å². The number of nitrogens with zero attached hydrogens (tertiary/aromatic N) is 1. The summed E-state index contributed by atoms with van der Waals surface area (Å²) < 4.78 is 0. The minimum atomic E-state index is -0.123. The molecule has 1 heterocycles. The molecule has 0 fully saturated rings. The number of aliphatic imine (C=N–C) groups is 1. The molecule has 0 spiro atoms. The molecule has 1 aliphatic heterocycles. The van der Waals surface area contributed by atoms with Crippen LogP contribution in [0.2, 0.25) is 0 Å². The van der Waals surface area contributed by atoms with Crippen LogP contribution in [0.3, 0.4) is 0 Å². The van der Waals surface area contributed by atoms with E-state index >= 15 is 0 Å². The van der Waals surface area contributed by atoms with Crippen LogP contribution in [0, 0.1) is 0 Å². The molecule has 0 aliphatic carbocycles. The highest BCUT2D eigenvalue weighted by Crippen LogP contribution is 2.20. The number of amides is 1. The minimum Gasteiger partial charge on any atom is -0.267 e. The largest absolute Gasteiger partial charge is 0.277 e. The van der Waals surface area contributed by atoms with E-state index in [0.717, 1.165) is 35.2 Å². The third-order valence-corrected chi connectivity index (χ3v) is 3.95. The predicted molar refractivity (Wildman–Crippen MR) is 86.1 cm³/mol. The van der Waals surface area contributed by atoms with Crippen LogP contribution in [0.15, 0.2) is 53.5 Å². The first-order chi connectivity index (χ1) is 10.3. The van der Waals surface area contributed by atoms with Crippen LogP contribution in [-0.4, -0.2) is 11.6 Å². The highest BCUT2D eigenvalue weighted by Gasteiger charge is 2.19. The first-order valence-corrected chi connectivity index (χ1v) is 7.57. The Morgan fingerprint density at radius 3 is 2.57 bits per heavy atom. The molecular weight excluding hydrogens is 258 g/mol. The molecule has 0 N–H and O–H groups in total. The Hall–Kier alpha value is -2.22. The minimum absolute atomic E-state index is 0.123. The van der Waals surface area contributed by atoms with Gasteiger partial charge in [0, 0.05) is 12.0 Å². The van der Waals surface area contributed by atoms with Gasteiger partial charge in [-0.1, -0.05) is 55.8 Å². The van der Waals surface area contributed by atoms with E-state index in [-0.39, 0.29) is 5.91 Å². The zero-order valence-electron chi connectivity index (χ0n) is 12.3. The fourth-order valence-electron chi connectivity index (χ4n) is 2.70. The van der Waals surface area contributed by atoms with Gasteiger partial charge in [0.25, 0.3) is 5.91 Å². The Kier molecular flexibility index (Phi) is 3.96. The van der Waals surface area contributed by atoms with Gasteiger partial charge in [-0.3, -0.25) is 4.79 Å². The molecule has 2 nitrogen and oxygen atoms in total. The third-order valence-electron chi connectivity index (χ3n) is 3.95. The van der Waals surface area contributed by atoms with Gasteiger partial charge in [-0.25, -0.2) is 4.99 Å². The first kappa shape index (κ1) is 13.7. The predicted octanol–water partition coefficient (Wildman–Crippen LogP) is 4.21. The second-order valence-electron chi connectivity index (χ2n) is 5.50. The van der Waals surface area contributed by atoms with Crippen LogP contribution in [0.25, 0.3) is 0 Å². The summed E-state index contributed by atoms with van der Waals surface area (Å²) in [5, 5.41) is 0. The summed E-state index contributed by atoms with van der Waals surface area (Å²) in [6, 6.07) is 16.2. The average molecular weight is 277 g/mol. The summed E-state index contributed by atoms with van der Waals surface area (Å²) in [6.07, 6.45) is 4.27. The van der Waals surface area contributed by atoms with Crippen molar-refractivity contribution in [3.05, 3.63) is 70.8 Å². The van der Waals surface area contributed by atoms with Crippen molar-refractivity contribution >= 4 is 11.6 Å². The van der Waals surface area contributed by atoms with Crippen molar-refractivity contribution in [2.24, 2.45) is 4.99 Å². The number of carbonyl (C=O) groups is 1. The smallest absolute Gasteiger partial charge is 0.267 e. The van der Waals surface area contributed by atoms with Gasteiger partial charge >= 0.3 is 0 Å². The molecule has 1 aliphatic rings. The average Bonchev–Trinajstić information content (AvgIpc) is 2.53. The highest BCUT2D eigenvalue weighted by atomic mass is 16.1. The topological polar surface area (TPSA) is 29.4 Å². The van der Waals surface area contributed by atoms with Crippen molar-refractivity contribution in [3.63, 3.8) is 0 Å². The molecule has 2 aromatic carbocycles. The van der Waals surface area contributed by atoms with Crippen LogP contribution >= 0.6 is 0 Å². The van der Waals surface area contributed by atoms with E-state index in [1.807, 2.05) is 24.3 Å². The summed E-state index contributed by atoms with van der Waals surface area (Å²) in [7, 11) is 0. The van der Waals surface area contributed by atoms with Gasteiger partial charge in [0.1, 0.15) is 0 Å². The molecule has 2 heteroatoms. The normalized spacial score (nSPS) is 13.8. The van der Waals surface area contributed by atoms with Crippen LogP contribution in [-0.2, 0) is 12.8 Å². The van der Waals surface area contributed by atoms with E-state index in [1.54, 1.807) is 0 Å². The lowest BCUT2D eigenvalue weighted by Gasteiger charge is -2.15. The number of carbonyl (C=O) groups excluding carboxylic acids is 1. The fourth-order valence-corrected chi connectivity index (χ4v) is 2.70. The molecule has 106 valence electrons. The molecule has 1 amide bonds. The molecule has 0 bridgehead atoms. The van der Waals surface area contributed by atoms with Gasteiger partial charge in [-0.2, -0.15) is 0 Å². The number of unbranched alkanes of at least 4 members (excludes halogenated alkanes) is 1. The number of fused-ring (bicyclic) bond motifs is 1. The Morgan fingerprint density at radius 2 is 1.81 bits per heavy atom. The van der Waals surface area contributed by atoms with Crippen LogP contribution in [0.4, 0.5) is 0 Å². The zero-order valence-corrected chi connectivity index (χ0v) is 12.3. The quantitative estimate of drug-likeness (QED) is 0.823. The molecule has 0 saturated heterocycles. The van der Waals surface area contributed by atoms with E-state index in [9.17, 15) is 4.79 Å². The van der Waals surface area contributed by atoms with Gasteiger partial charge in [0.15, 0.2) is 0 Å². The zero-order chi connectivity index (χ0) is 14.7. The van der Waals surface area contributed by atoms with Crippen LogP contribution < -0.4 is 0 Å². The Bertz CT molecular complexity index is 683. The summed E-state index contributed by atoms with van der Waals surface area (Å²) >= 11 is 0. The van der Waals surface area contributed by atoms with Crippen molar-refractivity contribution in [1.29, 1.82) is 0 Å². The van der Waals surface area contributed by atoms with Gasteiger partial charge in [-0.15, -0.1) is 0 Å². The number of rotatable bonds is 4. The number of aryl methyl sites for hydroxylation is 1. The maximum absolute atomic E-state index is 12.1. The fraction of sp³-hybridized carbons (Fsp3) is 0.263.